The van der Waals surface area contributed by atoms with Gasteiger partial charge in [-0.15, -0.1) is 11.3 Å². The lowest BCUT2D eigenvalue weighted by Crippen LogP contribution is -2.16. The SMILES string of the molecule is CCc1cc2c(=O)n(/N=C\c3ccc(N(C)C)c([N+](=O)[O-])c3)cnc2s1. The highest BCUT2D eigenvalue weighted by Crippen LogP contribution is 2.27. The fourth-order valence-corrected chi connectivity index (χ4v) is 3.42. The van der Waals surface area contributed by atoms with Gasteiger partial charge in [0.1, 0.15) is 16.8 Å². The maximum absolute atomic E-state index is 12.5. The molecule has 0 N–H and O–H groups in total. The number of nitro groups is 1. The van der Waals surface area contributed by atoms with Crippen molar-refractivity contribution < 1.29 is 4.92 Å². The lowest BCUT2D eigenvalue weighted by Gasteiger charge is -2.12. The van der Waals surface area contributed by atoms with Gasteiger partial charge in [0.05, 0.1) is 16.5 Å². The van der Waals surface area contributed by atoms with Crippen LogP contribution in [0.4, 0.5) is 11.4 Å². The molecule has 26 heavy (non-hydrogen) atoms. The molecule has 3 rings (SSSR count). The predicted molar refractivity (Wildman–Crippen MR) is 104 cm³/mol. The Morgan fingerprint density at radius 1 is 1.38 bits per heavy atom. The lowest BCUT2D eigenvalue weighted by atomic mass is 10.2. The zero-order valence-electron chi connectivity index (χ0n) is 14.5. The molecule has 0 saturated heterocycles. The van der Waals surface area contributed by atoms with E-state index in [1.54, 1.807) is 31.1 Å². The number of nitrogens with zero attached hydrogens (tertiary/aromatic N) is 5. The van der Waals surface area contributed by atoms with Crippen LogP contribution >= 0.6 is 11.3 Å². The Hall–Kier alpha value is -3.07. The van der Waals surface area contributed by atoms with E-state index in [2.05, 4.69) is 10.1 Å². The molecular formula is C17H17N5O3S. The van der Waals surface area contributed by atoms with Gasteiger partial charge in [0.15, 0.2) is 0 Å². The second kappa shape index (κ2) is 7.04. The molecule has 0 unspecified atom stereocenters. The third kappa shape index (κ3) is 3.33. The van der Waals surface area contributed by atoms with Gasteiger partial charge >= 0.3 is 0 Å². The first-order chi connectivity index (χ1) is 12.4. The van der Waals surface area contributed by atoms with Gasteiger partial charge in [0.25, 0.3) is 11.2 Å². The number of hydrogen-bond donors (Lipinski definition) is 0. The summed E-state index contributed by atoms with van der Waals surface area (Å²) in [4.78, 5) is 31.0. The second-order valence-corrected chi connectivity index (χ2v) is 6.94. The topological polar surface area (TPSA) is 93.6 Å². The van der Waals surface area contributed by atoms with Crippen LogP contribution in [-0.4, -0.2) is 34.9 Å². The van der Waals surface area contributed by atoms with Crippen LogP contribution in [0, 0.1) is 10.1 Å². The molecular weight excluding hydrogens is 354 g/mol. The van der Waals surface area contributed by atoms with Crippen LogP contribution in [-0.2, 0) is 6.42 Å². The highest BCUT2D eigenvalue weighted by atomic mass is 32.1. The lowest BCUT2D eigenvalue weighted by molar-refractivity contribution is -0.384. The number of thiophene rings is 1. The third-order valence-electron chi connectivity index (χ3n) is 3.84. The van der Waals surface area contributed by atoms with Crippen LogP contribution < -0.4 is 10.5 Å². The van der Waals surface area contributed by atoms with E-state index in [1.807, 2.05) is 13.0 Å². The van der Waals surface area contributed by atoms with Crippen molar-refractivity contribution in [2.75, 3.05) is 19.0 Å². The van der Waals surface area contributed by atoms with E-state index >= 15 is 0 Å². The van der Waals surface area contributed by atoms with Crippen molar-refractivity contribution in [2.45, 2.75) is 13.3 Å². The summed E-state index contributed by atoms with van der Waals surface area (Å²) in [5.74, 6) is 0. The number of rotatable bonds is 5. The van der Waals surface area contributed by atoms with Gasteiger partial charge in [-0.05, 0) is 18.6 Å². The molecule has 0 bridgehead atoms. The van der Waals surface area contributed by atoms with Gasteiger partial charge < -0.3 is 4.90 Å². The van der Waals surface area contributed by atoms with Gasteiger partial charge in [-0.3, -0.25) is 14.9 Å². The standard InChI is InChI=1S/C17H17N5O3S/c1-4-12-8-13-16(26-12)18-10-21(17(13)23)19-9-11-5-6-14(20(2)3)15(7-11)22(24)25/h5-10H,4H2,1-3H3/b19-9-. The van der Waals surface area contributed by atoms with Crippen molar-refractivity contribution in [1.29, 1.82) is 0 Å². The van der Waals surface area contributed by atoms with Gasteiger partial charge in [0.2, 0.25) is 0 Å². The van der Waals surface area contributed by atoms with E-state index in [9.17, 15) is 14.9 Å². The number of hydrogen-bond acceptors (Lipinski definition) is 7. The monoisotopic (exact) mass is 371 g/mol. The van der Waals surface area contributed by atoms with E-state index in [0.29, 0.717) is 21.5 Å². The average Bonchev–Trinajstić information content (AvgIpc) is 3.05. The van der Waals surface area contributed by atoms with Crippen molar-refractivity contribution in [2.24, 2.45) is 5.10 Å². The molecule has 0 aliphatic heterocycles. The average molecular weight is 371 g/mol. The Kier molecular flexibility index (Phi) is 4.81. The Morgan fingerprint density at radius 3 is 2.81 bits per heavy atom. The predicted octanol–water partition coefficient (Wildman–Crippen LogP) is 2.88. The van der Waals surface area contributed by atoms with Crippen molar-refractivity contribution in [1.82, 2.24) is 9.66 Å². The Bertz CT molecular complexity index is 1070. The maximum atomic E-state index is 12.5. The first kappa shape index (κ1) is 17.7. The molecule has 134 valence electrons. The van der Waals surface area contributed by atoms with E-state index in [4.69, 9.17) is 0 Å². The summed E-state index contributed by atoms with van der Waals surface area (Å²) < 4.78 is 1.14. The van der Waals surface area contributed by atoms with Crippen LogP contribution in [0.15, 0.2) is 40.5 Å². The quantitative estimate of drug-likeness (QED) is 0.390. The number of aromatic nitrogens is 2. The fourth-order valence-electron chi connectivity index (χ4n) is 2.49. The number of nitro benzene ring substituents is 1. The highest BCUT2D eigenvalue weighted by Gasteiger charge is 2.15. The molecule has 0 aliphatic carbocycles. The molecule has 0 atom stereocenters. The summed E-state index contributed by atoms with van der Waals surface area (Å²) in [6, 6.07) is 6.62. The van der Waals surface area contributed by atoms with Gasteiger partial charge in [0, 0.05) is 30.6 Å². The molecule has 0 aliphatic rings. The Balaban J connectivity index is 1.98. The third-order valence-corrected chi connectivity index (χ3v) is 5.03. The molecule has 3 aromatic rings. The minimum Gasteiger partial charge on any atom is -0.372 e. The van der Waals surface area contributed by atoms with Crippen LogP contribution in [0.3, 0.4) is 0 Å². The van der Waals surface area contributed by atoms with Crippen molar-refractivity contribution in [3.05, 3.63) is 61.5 Å². The fraction of sp³-hybridized carbons (Fsp3) is 0.235. The summed E-state index contributed by atoms with van der Waals surface area (Å²) >= 11 is 1.49. The van der Waals surface area contributed by atoms with E-state index in [0.717, 1.165) is 16.0 Å². The number of fused-ring (bicyclic) bond motifs is 1. The molecule has 1 aromatic carbocycles. The van der Waals surface area contributed by atoms with Crippen LogP contribution in [0.25, 0.3) is 10.2 Å². The summed E-state index contributed by atoms with van der Waals surface area (Å²) in [6.07, 6.45) is 3.61. The highest BCUT2D eigenvalue weighted by molar-refractivity contribution is 7.18. The van der Waals surface area contributed by atoms with Crippen molar-refractivity contribution in [3.63, 3.8) is 0 Å². The summed E-state index contributed by atoms with van der Waals surface area (Å²) in [5.41, 5.74) is 0.735. The Morgan fingerprint density at radius 2 is 2.15 bits per heavy atom. The van der Waals surface area contributed by atoms with Crippen molar-refractivity contribution >= 4 is 39.1 Å². The first-order valence-electron chi connectivity index (χ1n) is 7.91. The molecule has 9 heteroatoms. The Labute approximate surface area is 153 Å². The molecule has 0 amide bonds. The van der Waals surface area contributed by atoms with E-state index < -0.39 is 4.92 Å². The smallest absolute Gasteiger partial charge is 0.293 e. The zero-order chi connectivity index (χ0) is 18.8. The van der Waals surface area contributed by atoms with E-state index in [1.165, 1.54) is 29.9 Å². The largest absolute Gasteiger partial charge is 0.372 e. The second-order valence-electron chi connectivity index (χ2n) is 5.82. The molecule has 2 aromatic heterocycles. The molecule has 8 nitrogen and oxygen atoms in total. The molecule has 0 spiro atoms. The molecule has 0 radical (unpaired) electrons. The minimum atomic E-state index is -0.440. The van der Waals surface area contributed by atoms with Crippen LogP contribution in [0.2, 0.25) is 0 Å². The van der Waals surface area contributed by atoms with Crippen LogP contribution in [0.1, 0.15) is 17.4 Å². The molecule has 2 heterocycles. The minimum absolute atomic E-state index is 0.0229. The normalized spacial score (nSPS) is 11.3. The van der Waals surface area contributed by atoms with Gasteiger partial charge in [-0.25, -0.2) is 4.98 Å². The van der Waals surface area contributed by atoms with Crippen LogP contribution in [0.5, 0.6) is 0 Å². The maximum Gasteiger partial charge on any atom is 0.293 e. The first-order valence-corrected chi connectivity index (χ1v) is 8.72. The van der Waals surface area contributed by atoms with Crippen molar-refractivity contribution in [3.8, 4) is 0 Å². The summed E-state index contributed by atoms with van der Waals surface area (Å²) in [6.45, 7) is 2.02. The van der Waals surface area contributed by atoms with E-state index in [-0.39, 0.29) is 11.2 Å². The van der Waals surface area contributed by atoms with Gasteiger partial charge in [-0.1, -0.05) is 13.0 Å². The zero-order valence-corrected chi connectivity index (χ0v) is 15.4. The molecule has 0 saturated carbocycles. The summed E-state index contributed by atoms with van der Waals surface area (Å²) in [5, 5.41) is 15.9. The number of anilines is 1. The van der Waals surface area contributed by atoms with Gasteiger partial charge in [-0.2, -0.15) is 9.78 Å². The number of benzene rings is 1. The summed E-state index contributed by atoms with van der Waals surface area (Å²) in [7, 11) is 3.48. The number of aryl methyl sites for hydroxylation is 1. The molecule has 0 fully saturated rings.